The van der Waals surface area contributed by atoms with Crippen LogP contribution in [0.4, 0.5) is 5.69 Å². The van der Waals surface area contributed by atoms with E-state index < -0.39 is 0 Å². The average Bonchev–Trinajstić information content (AvgIpc) is 2.71. The highest BCUT2D eigenvalue weighted by molar-refractivity contribution is 6.32. The molecule has 16 heavy (non-hydrogen) atoms. The zero-order valence-corrected chi connectivity index (χ0v) is 9.83. The molecule has 4 heteroatoms. The van der Waals surface area contributed by atoms with E-state index in [0.717, 1.165) is 35.7 Å². The van der Waals surface area contributed by atoms with Crippen LogP contribution in [0.1, 0.15) is 18.4 Å². The van der Waals surface area contributed by atoms with Gasteiger partial charge in [-0.15, -0.1) is 0 Å². The Kier molecular flexibility index (Phi) is 3.46. The van der Waals surface area contributed by atoms with E-state index in [2.05, 4.69) is 0 Å². The first-order chi connectivity index (χ1) is 7.74. The van der Waals surface area contributed by atoms with E-state index >= 15 is 0 Å². The maximum atomic E-state index is 11.9. The number of amides is 1. The fraction of sp³-hybridized carbons (Fsp3) is 0.417. The van der Waals surface area contributed by atoms with Crippen molar-refractivity contribution in [1.82, 2.24) is 0 Å². The smallest absolute Gasteiger partial charge is 0.227 e. The molecule has 1 heterocycles. The molecule has 0 bridgehead atoms. The third-order valence-corrected chi connectivity index (χ3v) is 3.22. The maximum absolute atomic E-state index is 11.9. The van der Waals surface area contributed by atoms with Crippen LogP contribution in [0.5, 0.6) is 0 Å². The first kappa shape index (κ1) is 11.4. The minimum absolute atomic E-state index is 0.145. The zero-order chi connectivity index (χ0) is 11.5. The summed E-state index contributed by atoms with van der Waals surface area (Å²) in [6.45, 7) is 1.30. The molecule has 0 saturated heterocycles. The Morgan fingerprint density at radius 1 is 1.50 bits per heavy atom. The molecule has 0 fully saturated rings. The van der Waals surface area contributed by atoms with Crippen molar-refractivity contribution in [2.24, 2.45) is 5.73 Å². The van der Waals surface area contributed by atoms with Gasteiger partial charge in [0.25, 0.3) is 0 Å². The lowest BCUT2D eigenvalue weighted by atomic mass is 10.2. The number of carbonyl (C=O) groups excluding carboxylic acids is 1. The van der Waals surface area contributed by atoms with Crippen molar-refractivity contribution in [2.45, 2.75) is 19.3 Å². The van der Waals surface area contributed by atoms with Crippen molar-refractivity contribution in [3.8, 4) is 0 Å². The van der Waals surface area contributed by atoms with Gasteiger partial charge in [0.1, 0.15) is 0 Å². The minimum atomic E-state index is 0.145. The third kappa shape index (κ3) is 2.06. The summed E-state index contributed by atoms with van der Waals surface area (Å²) in [6, 6.07) is 5.71. The lowest BCUT2D eigenvalue weighted by Crippen LogP contribution is -2.29. The van der Waals surface area contributed by atoms with Crippen LogP contribution in [0.2, 0.25) is 5.02 Å². The summed E-state index contributed by atoms with van der Waals surface area (Å²) in [4.78, 5) is 13.7. The molecule has 1 aliphatic rings. The molecule has 0 spiro atoms. The fourth-order valence-corrected chi connectivity index (χ4v) is 2.30. The summed E-state index contributed by atoms with van der Waals surface area (Å²) in [5.74, 6) is 0.145. The van der Waals surface area contributed by atoms with Crippen LogP contribution in [-0.4, -0.2) is 19.0 Å². The van der Waals surface area contributed by atoms with Gasteiger partial charge in [0.05, 0.1) is 0 Å². The van der Waals surface area contributed by atoms with Crippen LogP contribution < -0.4 is 10.6 Å². The number of halogens is 1. The SMILES string of the molecule is NCCCC(=O)N1CCc2c(Cl)cccc21. The summed E-state index contributed by atoms with van der Waals surface area (Å²) in [5.41, 5.74) is 7.46. The molecule has 86 valence electrons. The van der Waals surface area contributed by atoms with Crippen LogP contribution in [0.15, 0.2) is 18.2 Å². The van der Waals surface area contributed by atoms with Crippen molar-refractivity contribution >= 4 is 23.2 Å². The van der Waals surface area contributed by atoms with Crippen LogP contribution in [0.25, 0.3) is 0 Å². The molecule has 0 radical (unpaired) electrons. The Balaban J connectivity index is 2.17. The van der Waals surface area contributed by atoms with Gasteiger partial charge in [0, 0.05) is 23.7 Å². The molecule has 1 aromatic rings. The second kappa shape index (κ2) is 4.85. The Morgan fingerprint density at radius 2 is 2.31 bits per heavy atom. The number of fused-ring (bicyclic) bond motifs is 1. The first-order valence-electron chi connectivity index (χ1n) is 5.52. The third-order valence-electron chi connectivity index (χ3n) is 2.87. The Bertz CT molecular complexity index is 406. The number of anilines is 1. The molecular weight excluding hydrogens is 224 g/mol. The van der Waals surface area contributed by atoms with E-state index in [1.165, 1.54) is 0 Å². The van der Waals surface area contributed by atoms with Gasteiger partial charge in [-0.25, -0.2) is 0 Å². The van der Waals surface area contributed by atoms with Crippen molar-refractivity contribution in [2.75, 3.05) is 18.0 Å². The number of nitrogens with zero attached hydrogens (tertiary/aromatic N) is 1. The number of rotatable bonds is 3. The van der Waals surface area contributed by atoms with Crippen molar-refractivity contribution in [3.63, 3.8) is 0 Å². The Labute approximate surface area is 100 Å². The molecule has 1 aromatic carbocycles. The predicted molar refractivity (Wildman–Crippen MR) is 65.8 cm³/mol. The zero-order valence-electron chi connectivity index (χ0n) is 9.08. The van der Waals surface area contributed by atoms with Gasteiger partial charge in [-0.2, -0.15) is 0 Å². The lowest BCUT2D eigenvalue weighted by molar-refractivity contribution is -0.118. The maximum Gasteiger partial charge on any atom is 0.227 e. The van der Waals surface area contributed by atoms with Gasteiger partial charge in [0.2, 0.25) is 5.91 Å². The van der Waals surface area contributed by atoms with Gasteiger partial charge < -0.3 is 10.6 Å². The van der Waals surface area contributed by atoms with E-state index in [1.54, 1.807) is 0 Å². The molecule has 2 N–H and O–H groups in total. The summed E-state index contributed by atoms with van der Waals surface area (Å²) >= 11 is 6.09. The quantitative estimate of drug-likeness (QED) is 0.875. The fourth-order valence-electron chi connectivity index (χ4n) is 2.04. The topological polar surface area (TPSA) is 46.3 Å². The van der Waals surface area contributed by atoms with Gasteiger partial charge in [0.15, 0.2) is 0 Å². The molecule has 1 amide bonds. The number of hydrogen-bond donors (Lipinski definition) is 1. The highest BCUT2D eigenvalue weighted by Crippen LogP contribution is 2.33. The molecule has 0 aliphatic carbocycles. The normalized spacial score (nSPS) is 14.0. The molecule has 2 rings (SSSR count). The lowest BCUT2D eigenvalue weighted by Gasteiger charge is -2.17. The van der Waals surface area contributed by atoms with Crippen molar-refractivity contribution < 1.29 is 4.79 Å². The summed E-state index contributed by atoms with van der Waals surface area (Å²) in [7, 11) is 0. The van der Waals surface area contributed by atoms with Crippen molar-refractivity contribution in [3.05, 3.63) is 28.8 Å². The number of benzene rings is 1. The van der Waals surface area contributed by atoms with E-state index in [9.17, 15) is 4.79 Å². The molecule has 0 saturated carbocycles. The van der Waals surface area contributed by atoms with Gasteiger partial charge in [-0.05, 0) is 37.1 Å². The van der Waals surface area contributed by atoms with E-state index in [4.69, 9.17) is 17.3 Å². The van der Waals surface area contributed by atoms with E-state index in [-0.39, 0.29) is 5.91 Å². The average molecular weight is 239 g/mol. The Hall–Kier alpha value is -1.06. The minimum Gasteiger partial charge on any atom is -0.330 e. The molecule has 0 atom stereocenters. The monoisotopic (exact) mass is 238 g/mol. The summed E-state index contributed by atoms with van der Waals surface area (Å²) in [6.07, 6.45) is 2.11. The predicted octanol–water partition coefficient (Wildman–Crippen LogP) is 1.97. The van der Waals surface area contributed by atoms with Crippen LogP contribution in [0.3, 0.4) is 0 Å². The second-order valence-corrected chi connectivity index (χ2v) is 4.33. The molecule has 0 aromatic heterocycles. The summed E-state index contributed by atoms with van der Waals surface area (Å²) < 4.78 is 0. The standard InChI is InChI=1S/C12H15ClN2O/c13-10-3-1-4-11-9(10)6-8-15(11)12(16)5-2-7-14/h1,3-4H,2,5-8,14H2. The van der Waals surface area contributed by atoms with E-state index in [1.807, 2.05) is 23.1 Å². The van der Waals surface area contributed by atoms with Crippen LogP contribution >= 0.6 is 11.6 Å². The molecule has 0 unspecified atom stereocenters. The number of nitrogens with two attached hydrogens (primary N) is 1. The largest absolute Gasteiger partial charge is 0.330 e. The van der Waals surface area contributed by atoms with Gasteiger partial charge in [-0.1, -0.05) is 17.7 Å². The van der Waals surface area contributed by atoms with Gasteiger partial charge in [-0.3, -0.25) is 4.79 Å². The molecular formula is C12H15ClN2O. The molecule has 3 nitrogen and oxygen atoms in total. The number of hydrogen-bond acceptors (Lipinski definition) is 2. The second-order valence-electron chi connectivity index (χ2n) is 3.93. The highest BCUT2D eigenvalue weighted by atomic mass is 35.5. The first-order valence-corrected chi connectivity index (χ1v) is 5.89. The Morgan fingerprint density at radius 3 is 3.06 bits per heavy atom. The van der Waals surface area contributed by atoms with Crippen LogP contribution in [0, 0.1) is 0 Å². The number of carbonyl (C=O) groups is 1. The van der Waals surface area contributed by atoms with Crippen molar-refractivity contribution in [1.29, 1.82) is 0 Å². The van der Waals surface area contributed by atoms with Gasteiger partial charge >= 0.3 is 0 Å². The highest BCUT2D eigenvalue weighted by Gasteiger charge is 2.25. The van der Waals surface area contributed by atoms with Crippen LogP contribution in [-0.2, 0) is 11.2 Å². The van der Waals surface area contributed by atoms with E-state index in [0.29, 0.717) is 13.0 Å². The summed E-state index contributed by atoms with van der Waals surface area (Å²) in [5, 5.41) is 0.756. The molecule has 1 aliphatic heterocycles.